The Bertz CT molecular complexity index is 170. The minimum atomic E-state index is -2.45. The number of epoxide rings is 2. The lowest BCUT2D eigenvalue weighted by Gasteiger charge is -2.10. The van der Waals surface area contributed by atoms with E-state index >= 15 is 0 Å². The zero-order valence-electron chi connectivity index (χ0n) is 9.46. The normalized spacial score (nSPS) is 27.0. The molecule has 16 heavy (non-hydrogen) atoms. The monoisotopic (exact) mass is 236 g/mol. The van der Waals surface area contributed by atoms with Gasteiger partial charge in [-0.3, -0.25) is 0 Å². The molecule has 6 heteroatoms. The Kier molecular flexibility index (Phi) is 5.60. The van der Waals surface area contributed by atoms with Crippen molar-refractivity contribution in [1.29, 1.82) is 0 Å². The molecule has 2 aliphatic rings. The molecule has 2 rings (SSSR count). The Labute approximate surface area is 94.7 Å². The molecule has 0 aromatic heterocycles. The summed E-state index contributed by atoms with van der Waals surface area (Å²) in [5, 5.41) is 24.4. The van der Waals surface area contributed by atoms with Gasteiger partial charge in [-0.2, -0.15) is 0 Å². The molecule has 2 unspecified atom stereocenters. The Morgan fingerprint density at radius 3 is 1.75 bits per heavy atom. The van der Waals surface area contributed by atoms with Crippen molar-refractivity contribution in [3.63, 3.8) is 0 Å². The van der Waals surface area contributed by atoms with Crippen LogP contribution in [0.25, 0.3) is 0 Å². The quantitative estimate of drug-likeness (QED) is 0.413. The standard InChI is InChI=1S/C6H10O3.C4H10O3/c1(5-3-8-5)7-2-6-4-9-6;1-2-3-4(5,6)7/h5-6H,1-4H2;5-7H,2-3H2,1H3. The number of aliphatic hydroxyl groups is 3. The summed E-state index contributed by atoms with van der Waals surface area (Å²) in [5.41, 5.74) is 0. The molecule has 0 saturated carbocycles. The third-order valence-electron chi connectivity index (χ3n) is 2.00. The SMILES string of the molecule is C(OCC1CO1)C1CO1.CCCC(O)(O)O. The smallest absolute Gasteiger partial charge is 0.275 e. The fraction of sp³-hybridized carbons (Fsp3) is 1.00. The predicted molar refractivity (Wildman–Crippen MR) is 54.6 cm³/mol. The highest BCUT2D eigenvalue weighted by Crippen LogP contribution is 2.12. The summed E-state index contributed by atoms with van der Waals surface area (Å²) in [6.45, 7) is 5.01. The lowest BCUT2D eigenvalue weighted by atomic mass is 10.3. The van der Waals surface area contributed by atoms with Crippen molar-refractivity contribution in [2.45, 2.75) is 37.9 Å². The highest BCUT2D eigenvalue weighted by atomic mass is 16.7. The van der Waals surface area contributed by atoms with E-state index in [1.165, 1.54) is 0 Å². The first kappa shape index (κ1) is 13.8. The molecule has 2 fully saturated rings. The molecule has 0 amide bonds. The van der Waals surface area contributed by atoms with E-state index in [1.54, 1.807) is 6.92 Å². The van der Waals surface area contributed by atoms with E-state index in [0.29, 0.717) is 18.6 Å². The van der Waals surface area contributed by atoms with Crippen LogP contribution in [0.15, 0.2) is 0 Å². The molecule has 6 nitrogen and oxygen atoms in total. The Balaban J connectivity index is 0.000000168. The molecule has 0 aliphatic carbocycles. The molecule has 0 radical (unpaired) electrons. The summed E-state index contributed by atoms with van der Waals surface area (Å²) in [7, 11) is 0. The lowest BCUT2D eigenvalue weighted by Crippen LogP contribution is -2.26. The highest BCUT2D eigenvalue weighted by Gasteiger charge is 2.26. The fourth-order valence-electron chi connectivity index (χ4n) is 0.995. The molecular weight excluding hydrogens is 216 g/mol. The van der Waals surface area contributed by atoms with Gasteiger partial charge in [0.25, 0.3) is 5.97 Å². The Hall–Kier alpha value is -0.240. The molecule has 96 valence electrons. The van der Waals surface area contributed by atoms with Gasteiger partial charge in [0, 0.05) is 6.42 Å². The Morgan fingerprint density at radius 1 is 1.12 bits per heavy atom. The van der Waals surface area contributed by atoms with Crippen molar-refractivity contribution in [2.75, 3.05) is 26.4 Å². The summed E-state index contributed by atoms with van der Waals surface area (Å²) < 4.78 is 15.1. The van der Waals surface area contributed by atoms with Crippen LogP contribution < -0.4 is 0 Å². The topological polar surface area (TPSA) is 95.0 Å². The second-order valence-electron chi connectivity index (χ2n) is 3.97. The van der Waals surface area contributed by atoms with E-state index in [4.69, 9.17) is 29.5 Å². The van der Waals surface area contributed by atoms with E-state index < -0.39 is 5.97 Å². The first-order valence-corrected chi connectivity index (χ1v) is 5.49. The Morgan fingerprint density at radius 2 is 1.56 bits per heavy atom. The molecular formula is C10H20O6. The van der Waals surface area contributed by atoms with Crippen molar-refractivity contribution in [3.05, 3.63) is 0 Å². The minimum absolute atomic E-state index is 0.00694. The van der Waals surface area contributed by atoms with Crippen molar-refractivity contribution >= 4 is 0 Å². The van der Waals surface area contributed by atoms with Crippen molar-refractivity contribution in [3.8, 4) is 0 Å². The van der Waals surface area contributed by atoms with Gasteiger partial charge in [-0.1, -0.05) is 6.92 Å². The average molecular weight is 236 g/mol. The minimum Gasteiger partial charge on any atom is -0.376 e. The van der Waals surface area contributed by atoms with Gasteiger partial charge in [0.15, 0.2) is 0 Å². The van der Waals surface area contributed by atoms with Crippen LogP contribution >= 0.6 is 0 Å². The maximum atomic E-state index is 8.13. The molecule has 2 aliphatic heterocycles. The lowest BCUT2D eigenvalue weighted by molar-refractivity contribution is -0.314. The van der Waals surface area contributed by atoms with Crippen LogP contribution in [-0.2, 0) is 14.2 Å². The summed E-state index contributed by atoms with van der Waals surface area (Å²) in [4.78, 5) is 0. The van der Waals surface area contributed by atoms with E-state index in [0.717, 1.165) is 26.4 Å². The third-order valence-corrected chi connectivity index (χ3v) is 2.00. The summed E-state index contributed by atoms with van der Waals surface area (Å²) in [6, 6.07) is 0. The second-order valence-corrected chi connectivity index (χ2v) is 3.97. The first-order chi connectivity index (χ1) is 7.51. The molecule has 2 saturated heterocycles. The van der Waals surface area contributed by atoms with Gasteiger partial charge in [0.1, 0.15) is 12.2 Å². The molecule has 3 N–H and O–H groups in total. The number of hydrogen-bond donors (Lipinski definition) is 3. The third kappa shape index (κ3) is 9.02. The largest absolute Gasteiger partial charge is 0.376 e. The second kappa shape index (κ2) is 6.48. The molecule has 0 bridgehead atoms. The zero-order valence-corrected chi connectivity index (χ0v) is 9.46. The van der Waals surface area contributed by atoms with Crippen LogP contribution in [0.5, 0.6) is 0 Å². The molecule has 0 spiro atoms. The van der Waals surface area contributed by atoms with Crippen LogP contribution in [0.2, 0.25) is 0 Å². The van der Waals surface area contributed by atoms with Crippen molar-refractivity contribution in [1.82, 2.24) is 0 Å². The van der Waals surface area contributed by atoms with Crippen molar-refractivity contribution in [2.24, 2.45) is 0 Å². The molecule has 2 heterocycles. The van der Waals surface area contributed by atoms with Crippen LogP contribution in [0.1, 0.15) is 19.8 Å². The molecule has 0 aromatic carbocycles. The van der Waals surface area contributed by atoms with E-state index in [9.17, 15) is 0 Å². The molecule has 2 atom stereocenters. The van der Waals surface area contributed by atoms with Gasteiger partial charge in [0.2, 0.25) is 0 Å². The number of rotatable bonds is 6. The van der Waals surface area contributed by atoms with Gasteiger partial charge in [-0.05, 0) is 6.42 Å². The van der Waals surface area contributed by atoms with Gasteiger partial charge in [-0.25, -0.2) is 0 Å². The summed E-state index contributed by atoms with van der Waals surface area (Å²) >= 11 is 0. The first-order valence-electron chi connectivity index (χ1n) is 5.49. The van der Waals surface area contributed by atoms with Crippen LogP contribution in [0.3, 0.4) is 0 Å². The average Bonchev–Trinajstić information content (AvgIpc) is 2.96. The van der Waals surface area contributed by atoms with Crippen LogP contribution in [0.4, 0.5) is 0 Å². The van der Waals surface area contributed by atoms with Gasteiger partial charge < -0.3 is 29.5 Å². The maximum absolute atomic E-state index is 8.13. The van der Waals surface area contributed by atoms with E-state index in [1.807, 2.05) is 0 Å². The molecule has 0 aromatic rings. The summed E-state index contributed by atoms with van der Waals surface area (Å²) in [6.07, 6.45) is 1.35. The van der Waals surface area contributed by atoms with E-state index in [2.05, 4.69) is 0 Å². The highest BCUT2D eigenvalue weighted by molar-refractivity contribution is 4.71. The van der Waals surface area contributed by atoms with Crippen LogP contribution in [-0.4, -0.2) is 59.9 Å². The van der Waals surface area contributed by atoms with Crippen molar-refractivity contribution < 1.29 is 29.5 Å². The van der Waals surface area contributed by atoms with Gasteiger partial charge >= 0.3 is 0 Å². The van der Waals surface area contributed by atoms with E-state index in [-0.39, 0.29) is 6.42 Å². The van der Waals surface area contributed by atoms with Gasteiger partial charge in [-0.15, -0.1) is 0 Å². The maximum Gasteiger partial charge on any atom is 0.275 e. The van der Waals surface area contributed by atoms with Gasteiger partial charge in [0.05, 0.1) is 26.4 Å². The number of ether oxygens (including phenoxy) is 3. The summed E-state index contributed by atoms with van der Waals surface area (Å²) in [5.74, 6) is -2.45. The fourth-order valence-corrected chi connectivity index (χ4v) is 0.995. The van der Waals surface area contributed by atoms with Crippen LogP contribution in [0, 0.1) is 0 Å². The number of hydrogen-bond acceptors (Lipinski definition) is 6. The zero-order chi connectivity index (χ0) is 12.0. The predicted octanol–water partition coefficient (Wildman–Crippen LogP) is -0.782.